The third kappa shape index (κ3) is 3.45. The number of carbonyl (C=O) groups excluding carboxylic acids is 2. The van der Waals surface area contributed by atoms with Crippen LogP contribution >= 0.6 is 0 Å². The first-order valence-corrected chi connectivity index (χ1v) is 8.52. The molecule has 1 fully saturated rings. The van der Waals surface area contributed by atoms with Gasteiger partial charge in [-0.05, 0) is 17.7 Å². The smallest absolute Gasteiger partial charge is 0.408 e. The van der Waals surface area contributed by atoms with Crippen LogP contribution in [0, 0.1) is 5.92 Å². The highest BCUT2D eigenvalue weighted by Crippen LogP contribution is 2.16. The highest BCUT2D eigenvalue weighted by atomic mass is 16.4. The van der Waals surface area contributed by atoms with Crippen molar-refractivity contribution in [3.8, 4) is 0 Å². The van der Waals surface area contributed by atoms with Crippen LogP contribution in [-0.2, 0) is 23.1 Å². The van der Waals surface area contributed by atoms with E-state index in [2.05, 4.69) is 0 Å². The third-order valence-corrected chi connectivity index (χ3v) is 4.65. The molecule has 2 aromatic rings. The van der Waals surface area contributed by atoms with E-state index in [1.54, 1.807) is 18.0 Å². The molecule has 0 bridgehead atoms. The molecule has 1 aromatic carbocycles. The fraction of sp³-hybridized carbons (Fsp3) is 0.500. The van der Waals surface area contributed by atoms with Gasteiger partial charge in [-0.15, -0.1) is 0 Å². The zero-order valence-electron chi connectivity index (χ0n) is 14.8. The molecule has 0 spiro atoms. The van der Waals surface area contributed by atoms with E-state index in [1.807, 2.05) is 30.9 Å². The van der Waals surface area contributed by atoms with Gasteiger partial charge in [-0.2, -0.15) is 0 Å². The second-order valence-corrected chi connectivity index (χ2v) is 6.77. The van der Waals surface area contributed by atoms with Crippen LogP contribution < -0.4 is 5.76 Å². The number of carbonyl (C=O) groups is 2. The number of benzene rings is 1. The van der Waals surface area contributed by atoms with E-state index in [0.717, 1.165) is 5.56 Å². The number of rotatable bonds is 3. The Morgan fingerprint density at radius 1 is 1.12 bits per heavy atom. The lowest BCUT2D eigenvalue weighted by Crippen LogP contribution is -2.51. The van der Waals surface area contributed by atoms with Crippen LogP contribution in [0.5, 0.6) is 0 Å². The molecule has 1 aromatic heterocycles. The first kappa shape index (κ1) is 17.3. The van der Waals surface area contributed by atoms with Crippen LogP contribution in [0.25, 0.3) is 11.1 Å². The number of aromatic nitrogens is 1. The van der Waals surface area contributed by atoms with E-state index in [1.165, 1.54) is 4.57 Å². The average molecular weight is 345 g/mol. The van der Waals surface area contributed by atoms with Gasteiger partial charge in [-0.3, -0.25) is 14.2 Å². The lowest BCUT2D eigenvalue weighted by Gasteiger charge is -2.35. The molecule has 134 valence electrons. The molecule has 0 atom stereocenters. The van der Waals surface area contributed by atoms with Gasteiger partial charge in [0.2, 0.25) is 11.8 Å². The Morgan fingerprint density at radius 3 is 2.40 bits per heavy atom. The Labute approximate surface area is 145 Å². The van der Waals surface area contributed by atoms with E-state index < -0.39 is 5.76 Å². The van der Waals surface area contributed by atoms with Crippen LogP contribution in [0.4, 0.5) is 0 Å². The molecule has 2 heterocycles. The maximum Gasteiger partial charge on any atom is 0.419 e. The van der Waals surface area contributed by atoms with E-state index in [9.17, 15) is 14.4 Å². The number of aryl methyl sites for hydroxylation is 1. The van der Waals surface area contributed by atoms with Gasteiger partial charge in [-0.1, -0.05) is 19.9 Å². The predicted octanol–water partition coefficient (Wildman–Crippen LogP) is 1.00. The van der Waals surface area contributed by atoms with E-state index in [4.69, 9.17) is 4.42 Å². The zero-order valence-corrected chi connectivity index (χ0v) is 14.8. The van der Waals surface area contributed by atoms with Crippen molar-refractivity contribution in [3.63, 3.8) is 0 Å². The van der Waals surface area contributed by atoms with Crippen LogP contribution in [-0.4, -0.2) is 52.4 Å². The molecular formula is C18H23N3O4. The first-order valence-electron chi connectivity index (χ1n) is 8.52. The molecular weight excluding hydrogens is 322 g/mol. The molecule has 0 aliphatic carbocycles. The first-order chi connectivity index (χ1) is 11.9. The van der Waals surface area contributed by atoms with Gasteiger partial charge in [0, 0.05) is 39.1 Å². The van der Waals surface area contributed by atoms with Gasteiger partial charge in [0.25, 0.3) is 0 Å². The molecule has 0 unspecified atom stereocenters. The summed E-state index contributed by atoms with van der Waals surface area (Å²) in [5.74, 6) is -0.261. The van der Waals surface area contributed by atoms with Crippen LogP contribution in [0.15, 0.2) is 27.4 Å². The van der Waals surface area contributed by atoms with Crippen molar-refractivity contribution in [3.05, 3.63) is 34.3 Å². The summed E-state index contributed by atoms with van der Waals surface area (Å²) >= 11 is 0. The zero-order chi connectivity index (χ0) is 18.1. The molecule has 7 nitrogen and oxygen atoms in total. The van der Waals surface area contributed by atoms with Gasteiger partial charge in [-0.25, -0.2) is 4.79 Å². The van der Waals surface area contributed by atoms with Crippen molar-refractivity contribution in [1.29, 1.82) is 0 Å². The third-order valence-electron chi connectivity index (χ3n) is 4.65. The van der Waals surface area contributed by atoms with Crippen molar-refractivity contribution in [1.82, 2.24) is 14.4 Å². The van der Waals surface area contributed by atoms with Crippen molar-refractivity contribution < 1.29 is 14.0 Å². The number of hydrogen-bond donors (Lipinski definition) is 0. The monoisotopic (exact) mass is 345 g/mol. The highest BCUT2D eigenvalue weighted by molar-refractivity contribution is 5.82. The predicted molar refractivity (Wildman–Crippen MR) is 93.2 cm³/mol. The quantitative estimate of drug-likeness (QED) is 0.832. The van der Waals surface area contributed by atoms with Gasteiger partial charge in [0.15, 0.2) is 5.58 Å². The molecule has 0 N–H and O–H groups in total. The Morgan fingerprint density at radius 2 is 1.76 bits per heavy atom. The summed E-state index contributed by atoms with van der Waals surface area (Å²) in [5, 5.41) is 0. The topological polar surface area (TPSA) is 75.8 Å². The van der Waals surface area contributed by atoms with Gasteiger partial charge in [0.05, 0.1) is 11.9 Å². The average Bonchev–Trinajstić information content (AvgIpc) is 2.88. The minimum Gasteiger partial charge on any atom is -0.408 e. The molecule has 1 aliphatic rings. The summed E-state index contributed by atoms with van der Waals surface area (Å²) < 4.78 is 6.53. The summed E-state index contributed by atoms with van der Waals surface area (Å²) in [6.07, 6.45) is 0.271. The van der Waals surface area contributed by atoms with E-state index >= 15 is 0 Å². The highest BCUT2D eigenvalue weighted by Gasteiger charge is 2.25. The van der Waals surface area contributed by atoms with Gasteiger partial charge < -0.3 is 14.2 Å². The molecule has 0 radical (unpaired) electrons. The number of nitrogens with zero attached hydrogens (tertiary/aromatic N) is 3. The largest absolute Gasteiger partial charge is 0.419 e. The summed E-state index contributed by atoms with van der Waals surface area (Å²) in [6, 6.07) is 5.34. The molecule has 7 heteroatoms. The number of fused-ring (bicyclic) bond motifs is 1. The summed E-state index contributed by atoms with van der Waals surface area (Å²) in [4.78, 5) is 39.7. The minimum atomic E-state index is -0.413. The number of amides is 2. The molecule has 1 saturated heterocycles. The van der Waals surface area contributed by atoms with Gasteiger partial charge in [0.1, 0.15) is 0 Å². The van der Waals surface area contributed by atoms with Crippen LogP contribution in [0.1, 0.15) is 19.4 Å². The standard InChI is InChI=1S/C18H23N3O4/c1-12(2)17(23)21-8-6-20(7-9-21)16(22)11-13-4-5-15-14(10-13)19(3)18(24)25-15/h4-5,10,12H,6-9,11H2,1-3H3. The molecule has 25 heavy (non-hydrogen) atoms. The fourth-order valence-electron chi connectivity index (χ4n) is 3.11. The second-order valence-electron chi connectivity index (χ2n) is 6.77. The Bertz CT molecular complexity index is 857. The van der Waals surface area contributed by atoms with Crippen molar-refractivity contribution in [2.75, 3.05) is 26.2 Å². The van der Waals surface area contributed by atoms with Crippen molar-refractivity contribution in [2.45, 2.75) is 20.3 Å². The molecule has 2 amide bonds. The SMILES string of the molecule is CC(C)C(=O)N1CCN(C(=O)Cc2ccc3oc(=O)n(C)c3c2)CC1. The maximum atomic E-state index is 12.5. The summed E-state index contributed by atoms with van der Waals surface area (Å²) in [5.41, 5.74) is 2.04. The number of piperazine rings is 1. The van der Waals surface area contributed by atoms with Crippen LogP contribution in [0.3, 0.4) is 0 Å². The number of hydrogen-bond acceptors (Lipinski definition) is 4. The summed E-state index contributed by atoms with van der Waals surface area (Å²) in [6.45, 7) is 6.06. The Hall–Kier alpha value is -2.57. The molecule has 1 aliphatic heterocycles. The van der Waals surface area contributed by atoms with Crippen molar-refractivity contribution in [2.24, 2.45) is 13.0 Å². The maximum absolute atomic E-state index is 12.5. The fourth-order valence-corrected chi connectivity index (χ4v) is 3.11. The summed E-state index contributed by atoms with van der Waals surface area (Å²) in [7, 11) is 1.64. The van der Waals surface area contributed by atoms with Crippen molar-refractivity contribution >= 4 is 22.9 Å². The molecule has 3 rings (SSSR count). The van der Waals surface area contributed by atoms with Gasteiger partial charge >= 0.3 is 5.76 Å². The normalized spacial score (nSPS) is 15.2. The van der Waals surface area contributed by atoms with E-state index in [0.29, 0.717) is 37.3 Å². The Balaban J connectivity index is 1.64. The Kier molecular flexibility index (Phi) is 4.65. The van der Waals surface area contributed by atoms with E-state index in [-0.39, 0.29) is 24.2 Å². The molecule has 0 saturated carbocycles. The van der Waals surface area contributed by atoms with Crippen LogP contribution in [0.2, 0.25) is 0 Å². The minimum absolute atomic E-state index is 0.0180. The lowest BCUT2D eigenvalue weighted by molar-refractivity contribution is -0.141. The lowest BCUT2D eigenvalue weighted by atomic mass is 10.1. The number of oxazole rings is 1. The second kappa shape index (κ2) is 6.74.